The number of nitrogens with zero attached hydrogens (tertiary/aromatic N) is 4. The van der Waals surface area contributed by atoms with E-state index < -0.39 is 0 Å². The molecule has 1 aromatic carbocycles. The Kier molecular flexibility index (Phi) is 3.99. The summed E-state index contributed by atoms with van der Waals surface area (Å²) in [6.45, 7) is 4.79. The highest BCUT2D eigenvalue weighted by molar-refractivity contribution is 5.93. The number of amides is 1. The molecule has 2 aromatic heterocycles. The molecule has 0 unspecified atom stereocenters. The Morgan fingerprint density at radius 3 is 2.81 bits per heavy atom. The highest BCUT2D eigenvalue weighted by atomic mass is 16.5. The van der Waals surface area contributed by atoms with Gasteiger partial charge in [-0.25, -0.2) is 9.97 Å². The van der Waals surface area contributed by atoms with E-state index in [9.17, 15) is 4.79 Å². The third-order valence-corrected chi connectivity index (χ3v) is 4.89. The minimum Gasteiger partial charge on any atom is -0.496 e. The standard InChI is InChI=1S/C19H20N4O3/c1-12-8-20-17-10-23(19(24)18-13(2)26-11-21-18)15(9-22(12)17)14-6-4-5-7-16(14)25-3/h4-8,11,15H,9-10H2,1-3H3/t15-/m1/s1. The van der Waals surface area contributed by atoms with Gasteiger partial charge in [-0.3, -0.25) is 4.79 Å². The van der Waals surface area contributed by atoms with Crippen molar-refractivity contribution >= 4 is 5.91 Å². The SMILES string of the molecule is COc1ccccc1[C@H]1Cn2c(C)cnc2CN1C(=O)c1ncoc1C. The van der Waals surface area contributed by atoms with Gasteiger partial charge < -0.3 is 18.6 Å². The Labute approximate surface area is 151 Å². The van der Waals surface area contributed by atoms with E-state index in [4.69, 9.17) is 9.15 Å². The first kappa shape index (κ1) is 16.4. The third-order valence-electron chi connectivity index (χ3n) is 4.89. The molecule has 0 bridgehead atoms. The van der Waals surface area contributed by atoms with Crippen LogP contribution < -0.4 is 4.74 Å². The Morgan fingerprint density at radius 2 is 2.08 bits per heavy atom. The number of benzene rings is 1. The number of hydrogen-bond acceptors (Lipinski definition) is 5. The van der Waals surface area contributed by atoms with Crippen LogP contribution in [0.4, 0.5) is 0 Å². The lowest BCUT2D eigenvalue weighted by Gasteiger charge is -2.37. The van der Waals surface area contributed by atoms with Crippen molar-refractivity contribution in [2.45, 2.75) is 33.0 Å². The number of oxazole rings is 1. The van der Waals surface area contributed by atoms with E-state index in [-0.39, 0.29) is 11.9 Å². The van der Waals surface area contributed by atoms with Crippen LogP contribution in [0.15, 0.2) is 41.3 Å². The van der Waals surface area contributed by atoms with Gasteiger partial charge in [-0.15, -0.1) is 0 Å². The summed E-state index contributed by atoms with van der Waals surface area (Å²) in [6.07, 6.45) is 3.14. The highest BCUT2D eigenvalue weighted by Gasteiger charge is 2.35. The minimum absolute atomic E-state index is 0.168. The van der Waals surface area contributed by atoms with Crippen molar-refractivity contribution in [2.24, 2.45) is 0 Å². The van der Waals surface area contributed by atoms with Crippen molar-refractivity contribution < 1.29 is 13.9 Å². The molecule has 26 heavy (non-hydrogen) atoms. The van der Waals surface area contributed by atoms with E-state index in [2.05, 4.69) is 14.5 Å². The first-order chi connectivity index (χ1) is 12.6. The van der Waals surface area contributed by atoms with Crippen LogP contribution in [0.1, 0.15) is 39.4 Å². The maximum Gasteiger partial charge on any atom is 0.277 e. The topological polar surface area (TPSA) is 73.4 Å². The number of fused-ring (bicyclic) bond motifs is 1. The normalized spacial score (nSPS) is 16.4. The van der Waals surface area contributed by atoms with Crippen LogP contribution in [0.25, 0.3) is 0 Å². The summed E-state index contributed by atoms with van der Waals surface area (Å²) in [5, 5.41) is 0. The Balaban J connectivity index is 1.81. The highest BCUT2D eigenvalue weighted by Crippen LogP contribution is 2.36. The van der Waals surface area contributed by atoms with Crippen molar-refractivity contribution in [3.8, 4) is 5.75 Å². The summed E-state index contributed by atoms with van der Waals surface area (Å²) in [5.41, 5.74) is 2.37. The van der Waals surface area contributed by atoms with Crippen LogP contribution in [0.2, 0.25) is 0 Å². The fourth-order valence-electron chi connectivity index (χ4n) is 3.49. The Bertz CT molecular complexity index is 959. The Morgan fingerprint density at radius 1 is 1.27 bits per heavy atom. The first-order valence-corrected chi connectivity index (χ1v) is 8.45. The smallest absolute Gasteiger partial charge is 0.277 e. The second-order valence-corrected chi connectivity index (χ2v) is 6.37. The number of rotatable bonds is 3. The molecule has 7 nitrogen and oxygen atoms in total. The molecule has 7 heteroatoms. The van der Waals surface area contributed by atoms with Gasteiger partial charge in [0, 0.05) is 24.0 Å². The molecular weight excluding hydrogens is 332 g/mol. The van der Waals surface area contributed by atoms with Crippen LogP contribution in [0.3, 0.4) is 0 Å². The summed E-state index contributed by atoms with van der Waals surface area (Å²) in [7, 11) is 1.64. The van der Waals surface area contributed by atoms with Crippen LogP contribution in [0, 0.1) is 13.8 Å². The van der Waals surface area contributed by atoms with Gasteiger partial charge in [-0.2, -0.15) is 0 Å². The number of carbonyl (C=O) groups excluding carboxylic acids is 1. The zero-order valence-corrected chi connectivity index (χ0v) is 15.0. The predicted octanol–water partition coefficient (Wildman–Crippen LogP) is 2.89. The van der Waals surface area contributed by atoms with E-state index >= 15 is 0 Å². The number of imidazole rings is 1. The lowest BCUT2D eigenvalue weighted by molar-refractivity contribution is 0.0572. The molecule has 1 aliphatic rings. The third kappa shape index (κ3) is 2.56. The average molecular weight is 352 g/mol. The van der Waals surface area contributed by atoms with Gasteiger partial charge in [-0.1, -0.05) is 18.2 Å². The van der Waals surface area contributed by atoms with E-state index in [1.165, 1.54) is 6.39 Å². The number of aromatic nitrogens is 3. The molecule has 0 spiro atoms. The summed E-state index contributed by atoms with van der Waals surface area (Å²) in [5.74, 6) is 1.97. The summed E-state index contributed by atoms with van der Waals surface area (Å²) >= 11 is 0. The van der Waals surface area contributed by atoms with Gasteiger partial charge in [0.25, 0.3) is 5.91 Å². The molecule has 3 aromatic rings. The van der Waals surface area contributed by atoms with Gasteiger partial charge in [0.1, 0.15) is 17.3 Å². The van der Waals surface area contributed by atoms with Gasteiger partial charge in [0.05, 0.1) is 19.7 Å². The minimum atomic E-state index is -0.185. The second-order valence-electron chi connectivity index (χ2n) is 6.37. The van der Waals surface area contributed by atoms with Crippen LogP contribution in [-0.4, -0.2) is 32.5 Å². The van der Waals surface area contributed by atoms with Crippen molar-refractivity contribution in [3.63, 3.8) is 0 Å². The van der Waals surface area contributed by atoms with Crippen molar-refractivity contribution in [1.82, 2.24) is 19.4 Å². The molecule has 0 fully saturated rings. The molecule has 1 aliphatic heterocycles. The maximum absolute atomic E-state index is 13.2. The zero-order valence-electron chi connectivity index (χ0n) is 15.0. The molecule has 4 rings (SSSR count). The van der Waals surface area contributed by atoms with Gasteiger partial charge >= 0.3 is 0 Å². The second kappa shape index (κ2) is 6.33. The van der Waals surface area contributed by atoms with E-state index in [1.54, 1.807) is 18.9 Å². The Hall–Kier alpha value is -3.09. The van der Waals surface area contributed by atoms with E-state index in [0.717, 1.165) is 22.8 Å². The number of aryl methyl sites for hydroxylation is 2. The van der Waals surface area contributed by atoms with Crippen LogP contribution >= 0.6 is 0 Å². The largest absolute Gasteiger partial charge is 0.496 e. The van der Waals surface area contributed by atoms with E-state index in [0.29, 0.717) is 24.5 Å². The van der Waals surface area contributed by atoms with E-state index in [1.807, 2.05) is 37.4 Å². The van der Waals surface area contributed by atoms with Crippen molar-refractivity contribution in [1.29, 1.82) is 0 Å². The zero-order chi connectivity index (χ0) is 18.3. The molecule has 1 atom stereocenters. The molecule has 0 aliphatic carbocycles. The number of para-hydroxylation sites is 1. The summed E-state index contributed by atoms with van der Waals surface area (Å²) < 4.78 is 12.9. The number of methoxy groups -OCH3 is 1. The van der Waals surface area contributed by atoms with Crippen molar-refractivity contribution in [3.05, 3.63) is 65.4 Å². The molecule has 0 radical (unpaired) electrons. The molecule has 1 amide bonds. The fourth-order valence-corrected chi connectivity index (χ4v) is 3.49. The predicted molar refractivity (Wildman–Crippen MR) is 93.8 cm³/mol. The lowest BCUT2D eigenvalue weighted by atomic mass is 10.0. The molecule has 0 N–H and O–H groups in total. The molecule has 0 saturated heterocycles. The number of carbonyl (C=O) groups is 1. The summed E-state index contributed by atoms with van der Waals surface area (Å²) in [6, 6.07) is 7.60. The average Bonchev–Trinajstić information content (AvgIpc) is 3.25. The summed E-state index contributed by atoms with van der Waals surface area (Å²) in [4.78, 5) is 23.6. The van der Waals surface area contributed by atoms with Crippen LogP contribution in [-0.2, 0) is 13.1 Å². The van der Waals surface area contributed by atoms with Crippen LogP contribution in [0.5, 0.6) is 5.75 Å². The lowest BCUT2D eigenvalue weighted by Crippen LogP contribution is -2.42. The van der Waals surface area contributed by atoms with Crippen molar-refractivity contribution in [2.75, 3.05) is 7.11 Å². The first-order valence-electron chi connectivity index (χ1n) is 8.45. The quantitative estimate of drug-likeness (QED) is 0.725. The molecular formula is C19H20N4O3. The monoisotopic (exact) mass is 352 g/mol. The fraction of sp³-hybridized carbons (Fsp3) is 0.316. The maximum atomic E-state index is 13.2. The van der Waals surface area contributed by atoms with Gasteiger partial charge in [0.2, 0.25) is 0 Å². The van der Waals surface area contributed by atoms with Gasteiger partial charge in [0.15, 0.2) is 12.1 Å². The number of ether oxygens (including phenoxy) is 1. The number of hydrogen-bond donors (Lipinski definition) is 0. The molecule has 3 heterocycles. The molecule has 134 valence electrons. The van der Waals surface area contributed by atoms with Gasteiger partial charge in [-0.05, 0) is 19.9 Å². The molecule has 0 saturated carbocycles.